The van der Waals surface area contributed by atoms with Gasteiger partial charge in [-0.15, -0.1) is 0 Å². The number of nitrogens with one attached hydrogen (secondary N) is 3. The van der Waals surface area contributed by atoms with E-state index in [1.165, 1.54) is 0 Å². The number of carbonyl (C=O) groups excluding carboxylic acids is 2. The molecule has 1 saturated heterocycles. The first-order valence-electron chi connectivity index (χ1n) is 7.18. The van der Waals surface area contributed by atoms with Gasteiger partial charge in [-0.05, 0) is 27.7 Å². The molecule has 1 rings (SSSR count). The summed E-state index contributed by atoms with van der Waals surface area (Å²) in [5.41, 5.74) is -1.16. The van der Waals surface area contributed by atoms with Gasteiger partial charge in [-0.1, -0.05) is 0 Å². The average molecular weight is 284 g/mol. The van der Waals surface area contributed by atoms with Gasteiger partial charge in [0.05, 0.1) is 11.0 Å². The third-order valence-corrected chi connectivity index (χ3v) is 4.00. The van der Waals surface area contributed by atoms with Gasteiger partial charge in [-0.2, -0.15) is 0 Å². The quantitative estimate of drug-likeness (QED) is 0.640. The number of hydrogen-bond donors (Lipinski definition) is 3. The zero-order chi connectivity index (χ0) is 15.4. The van der Waals surface area contributed by atoms with Crippen LogP contribution < -0.4 is 16.0 Å². The van der Waals surface area contributed by atoms with E-state index in [0.717, 1.165) is 26.2 Å². The largest absolute Gasteiger partial charge is 0.359 e. The molecule has 0 spiro atoms. The van der Waals surface area contributed by atoms with E-state index < -0.39 is 11.0 Å². The molecule has 0 aromatic heterocycles. The number of rotatable bonds is 5. The fraction of sp³-hybridized carbons (Fsp3) is 0.857. The molecule has 2 amide bonds. The van der Waals surface area contributed by atoms with Crippen molar-refractivity contribution in [2.45, 2.75) is 33.2 Å². The molecular weight excluding hydrogens is 256 g/mol. The highest BCUT2D eigenvalue weighted by Crippen LogP contribution is 2.17. The van der Waals surface area contributed by atoms with E-state index in [-0.39, 0.29) is 11.8 Å². The van der Waals surface area contributed by atoms with E-state index in [0.29, 0.717) is 6.54 Å². The van der Waals surface area contributed by atoms with Gasteiger partial charge in [0.15, 0.2) is 0 Å². The van der Waals surface area contributed by atoms with Crippen LogP contribution in [-0.4, -0.2) is 62.0 Å². The lowest BCUT2D eigenvalue weighted by Crippen LogP contribution is -2.61. The van der Waals surface area contributed by atoms with Crippen LogP contribution in [-0.2, 0) is 9.59 Å². The van der Waals surface area contributed by atoms with E-state index in [9.17, 15) is 9.59 Å². The Balaban J connectivity index is 2.58. The van der Waals surface area contributed by atoms with E-state index in [4.69, 9.17) is 0 Å². The molecule has 0 aromatic carbocycles. The zero-order valence-electron chi connectivity index (χ0n) is 13.3. The van der Waals surface area contributed by atoms with Crippen LogP contribution >= 0.6 is 0 Å². The summed E-state index contributed by atoms with van der Waals surface area (Å²) in [6, 6.07) is 0. The van der Waals surface area contributed by atoms with Gasteiger partial charge in [-0.3, -0.25) is 14.5 Å². The third kappa shape index (κ3) is 3.93. The lowest BCUT2D eigenvalue weighted by atomic mass is 9.91. The predicted molar refractivity (Wildman–Crippen MR) is 79.4 cm³/mol. The highest BCUT2D eigenvalue weighted by atomic mass is 16.2. The fourth-order valence-electron chi connectivity index (χ4n) is 2.30. The molecule has 0 bridgehead atoms. The number of nitrogens with zero attached hydrogens (tertiary/aromatic N) is 1. The molecule has 1 aliphatic heterocycles. The fourth-order valence-corrected chi connectivity index (χ4v) is 2.30. The van der Waals surface area contributed by atoms with Crippen molar-refractivity contribution in [1.82, 2.24) is 20.9 Å². The molecule has 1 aliphatic rings. The Hall–Kier alpha value is -1.14. The van der Waals surface area contributed by atoms with E-state index in [1.807, 2.05) is 27.7 Å². The second kappa shape index (κ2) is 6.54. The highest BCUT2D eigenvalue weighted by molar-refractivity contribution is 5.87. The molecule has 0 atom stereocenters. The minimum Gasteiger partial charge on any atom is -0.359 e. The Bertz CT molecular complexity index is 360. The first-order valence-corrected chi connectivity index (χ1v) is 7.18. The Morgan fingerprint density at radius 3 is 2.15 bits per heavy atom. The first kappa shape index (κ1) is 16.9. The lowest BCUT2D eigenvalue weighted by Gasteiger charge is -2.40. The molecule has 1 heterocycles. The average Bonchev–Trinajstić information content (AvgIpc) is 2.44. The molecule has 6 heteroatoms. The van der Waals surface area contributed by atoms with Gasteiger partial charge in [0.2, 0.25) is 11.8 Å². The van der Waals surface area contributed by atoms with Gasteiger partial charge in [0, 0.05) is 39.8 Å². The molecular formula is C14H28N4O2. The van der Waals surface area contributed by atoms with Crippen molar-refractivity contribution in [1.29, 1.82) is 0 Å². The van der Waals surface area contributed by atoms with Gasteiger partial charge in [-0.25, -0.2) is 0 Å². The smallest absolute Gasteiger partial charge is 0.239 e. The van der Waals surface area contributed by atoms with Crippen LogP contribution in [0.25, 0.3) is 0 Å². The number of piperazine rings is 1. The first-order chi connectivity index (χ1) is 9.21. The van der Waals surface area contributed by atoms with Crippen LogP contribution in [0.4, 0.5) is 0 Å². The van der Waals surface area contributed by atoms with Gasteiger partial charge in [0.25, 0.3) is 0 Å². The summed E-state index contributed by atoms with van der Waals surface area (Å²) in [6.07, 6.45) is 0. The Morgan fingerprint density at radius 2 is 1.65 bits per heavy atom. The van der Waals surface area contributed by atoms with Crippen molar-refractivity contribution in [2.75, 3.05) is 39.8 Å². The lowest BCUT2D eigenvalue weighted by molar-refractivity contribution is -0.134. The monoisotopic (exact) mass is 284 g/mol. The third-order valence-electron chi connectivity index (χ3n) is 4.00. The van der Waals surface area contributed by atoms with Crippen molar-refractivity contribution in [3.8, 4) is 0 Å². The topological polar surface area (TPSA) is 73.5 Å². The molecule has 0 saturated carbocycles. The Kier molecular flexibility index (Phi) is 5.53. The molecule has 116 valence electrons. The summed E-state index contributed by atoms with van der Waals surface area (Å²) in [7, 11) is 1.61. The van der Waals surface area contributed by atoms with E-state index in [1.54, 1.807) is 7.05 Å². The molecule has 20 heavy (non-hydrogen) atoms. The second-order valence-corrected chi connectivity index (χ2v) is 6.44. The molecule has 0 aliphatic carbocycles. The van der Waals surface area contributed by atoms with Crippen molar-refractivity contribution < 1.29 is 9.59 Å². The van der Waals surface area contributed by atoms with Crippen LogP contribution in [0.3, 0.4) is 0 Å². The Labute approximate surface area is 121 Å². The van der Waals surface area contributed by atoms with Crippen LogP contribution in [0.15, 0.2) is 0 Å². The van der Waals surface area contributed by atoms with E-state index >= 15 is 0 Å². The van der Waals surface area contributed by atoms with E-state index in [2.05, 4.69) is 20.9 Å². The highest BCUT2D eigenvalue weighted by Gasteiger charge is 2.36. The van der Waals surface area contributed by atoms with Crippen molar-refractivity contribution in [3.63, 3.8) is 0 Å². The minimum atomic E-state index is -0.607. The number of carbonyl (C=O) groups is 2. The maximum absolute atomic E-state index is 12.4. The molecule has 6 nitrogen and oxygen atoms in total. The van der Waals surface area contributed by atoms with Crippen molar-refractivity contribution in [3.05, 3.63) is 0 Å². The van der Waals surface area contributed by atoms with Crippen molar-refractivity contribution >= 4 is 11.8 Å². The normalized spacial score (nSPS) is 17.6. The predicted octanol–water partition coefficient (Wildman–Crippen LogP) is -0.441. The summed E-state index contributed by atoms with van der Waals surface area (Å²) in [4.78, 5) is 26.3. The van der Waals surface area contributed by atoms with Crippen LogP contribution in [0.1, 0.15) is 27.7 Å². The SMILES string of the molecule is CNC(=O)C(C)(C)CNC(=O)C(C)(C)N1CCNCC1. The minimum absolute atomic E-state index is 0.0311. The van der Waals surface area contributed by atoms with Gasteiger partial charge >= 0.3 is 0 Å². The molecule has 0 aromatic rings. The van der Waals surface area contributed by atoms with Crippen molar-refractivity contribution in [2.24, 2.45) is 5.41 Å². The molecule has 3 N–H and O–H groups in total. The zero-order valence-corrected chi connectivity index (χ0v) is 13.3. The summed E-state index contributed by atoms with van der Waals surface area (Å²) < 4.78 is 0. The Morgan fingerprint density at radius 1 is 1.10 bits per heavy atom. The summed E-state index contributed by atoms with van der Waals surface area (Å²) in [6.45, 7) is 11.4. The molecule has 0 unspecified atom stereocenters. The van der Waals surface area contributed by atoms with Crippen LogP contribution in [0.2, 0.25) is 0 Å². The van der Waals surface area contributed by atoms with Gasteiger partial charge < -0.3 is 16.0 Å². The van der Waals surface area contributed by atoms with Gasteiger partial charge in [0.1, 0.15) is 0 Å². The summed E-state index contributed by atoms with van der Waals surface area (Å²) >= 11 is 0. The number of amides is 2. The summed E-state index contributed by atoms with van der Waals surface area (Å²) in [5, 5.41) is 8.81. The summed E-state index contributed by atoms with van der Waals surface area (Å²) in [5.74, 6) is -0.103. The maximum Gasteiger partial charge on any atom is 0.239 e. The standard InChI is InChI=1S/C14H28N4O2/c1-13(2,11(19)15-5)10-17-12(20)14(3,4)18-8-6-16-7-9-18/h16H,6-10H2,1-5H3,(H,15,19)(H,17,20). The maximum atomic E-state index is 12.4. The van der Waals surface area contributed by atoms with Crippen LogP contribution in [0, 0.1) is 5.41 Å². The molecule has 1 fully saturated rings. The van der Waals surface area contributed by atoms with Crippen LogP contribution in [0.5, 0.6) is 0 Å². The molecule has 0 radical (unpaired) electrons. The second-order valence-electron chi connectivity index (χ2n) is 6.44. The number of hydrogen-bond acceptors (Lipinski definition) is 4.